The van der Waals surface area contributed by atoms with E-state index in [2.05, 4.69) is 4.98 Å². The lowest BCUT2D eigenvalue weighted by Gasteiger charge is -2.26. The molecule has 0 bridgehead atoms. The number of ether oxygens (including phenoxy) is 2. The fourth-order valence-electron chi connectivity index (χ4n) is 1.68. The largest absolute Gasteiger partial charge is 0.345 e. The van der Waals surface area contributed by atoms with Crippen molar-refractivity contribution in [2.24, 2.45) is 0 Å². The summed E-state index contributed by atoms with van der Waals surface area (Å²) in [6, 6.07) is 4.66. The van der Waals surface area contributed by atoms with Gasteiger partial charge >= 0.3 is 0 Å². The van der Waals surface area contributed by atoms with Crippen molar-refractivity contribution in [3.05, 3.63) is 30.1 Å². The van der Waals surface area contributed by atoms with Crippen molar-refractivity contribution in [1.82, 2.24) is 4.98 Å². The lowest BCUT2D eigenvalue weighted by molar-refractivity contribution is -0.0890. The summed E-state index contributed by atoms with van der Waals surface area (Å²) < 4.78 is 29.3. The fourth-order valence-corrected chi connectivity index (χ4v) is 3.87. The SMILES string of the molecule is CCOC(OCC)P(=O)(Cc1ccccn1)OCC. The summed E-state index contributed by atoms with van der Waals surface area (Å²) in [4.78, 5) is 4.19. The van der Waals surface area contributed by atoms with Crippen molar-refractivity contribution in [2.45, 2.75) is 33.0 Å². The van der Waals surface area contributed by atoms with Gasteiger partial charge in [0.15, 0.2) is 0 Å². The van der Waals surface area contributed by atoms with Crippen LogP contribution < -0.4 is 0 Å². The second kappa shape index (κ2) is 8.43. The minimum atomic E-state index is -3.09. The number of rotatable bonds is 9. The third-order valence-electron chi connectivity index (χ3n) is 2.40. The highest BCUT2D eigenvalue weighted by Crippen LogP contribution is 2.55. The smallest absolute Gasteiger partial charge is 0.263 e. The van der Waals surface area contributed by atoms with E-state index in [4.69, 9.17) is 14.0 Å². The van der Waals surface area contributed by atoms with E-state index >= 15 is 0 Å². The van der Waals surface area contributed by atoms with Crippen molar-refractivity contribution in [1.29, 1.82) is 0 Å². The van der Waals surface area contributed by atoms with E-state index in [9.17, 15) is 4.57 Å². The van der Waals surface area contributed by atoms with E-state index in [1.54, 1.807) is 13.1 Å². The monoisotopic (exact) mass is 287 g/mol. The predicted octanol–water partition coefficient (Wildman–Crippen LogP) is 3.25. The molecule has 19 heavy (non-hydrogen) atoms. The Morgan fingerprint density at radius 3 is 2.32 bits per heavy atom. The number of aromatic nitrogens is 1. The first-order valence-corrected chi connectivity index (χ1v) is 8.40. The van der Waals surface area contributed by atoms with Gasteiger partial charge in [0.1, 0.15) is 0 Å². The third-order valence-corrected chi connectivity index (χ3v) is 4.80. The van der Waals surface area contributed by atoms with Crippen LogP contribution in [0.25, 0.3) is 0 Å². The summed E-state index contributed by atoms with van der Waals surface area (Å²) in [6.07, 6.45) is 1.88. The van der Waals surface area contributed by atoms with Crippen LogP contribution in [0.5, 0.6) is 0 Å². The van der Waals surface area contributed by atoms with Crippen LogP contribution in [-0.4, -0.2) is 30.8 Å². The van der Waals surface area contributed by atoms with E-state index in [1.807, 2.05) is 32.0 Å². The molecule has 0 spiro atoms. The Morgan fingerprint density at radius 2 is 1.84 bits per heavy atom. The maximum absolute atomic E-state index is 13.0. The third kappa shape index (κ3) is 5.03. The molecule has 0 saturated heterocycles. The van der Waals surface area contributed by atoms with Gasteiger partial charge in [0.05, 0.1) is 18.5 Å². The van der Waals surface area contributed by atoms with Crippen LogP contribution in [0.1, 0.15) is 26.5 Å². The topological polar surface area (TPSA) is 57.7 Å². The van der Waals surface area contributed by atoms with Crippen LogP contribution in [0.2, 0.25) is 0 Å². The number of hydrogen-bond donors (Lipinski definition) is 0. The molecule has 0 N–H and O–H groups in total. The summed E-state index contributed by atoms with van der Waals surface area (Å²) in [5.74, 6) is 0. The minimum absolute atomic E-state index is 0.215. The van der Waals surface area contributed by atoms with E-state index in [1.165, 1.54) is 0 Å². The van der Waals surface area contributed by atoms with Crippen LogP contribution in [-0.2, 0) is 24.7 Å². The average Bonchev–Trinajstić information content (AvgIpc) is 2.40. The average molecular weight is 287 g/mol. The molecule has 108 valence electrons. The Kier molecular flexibility index (Phi) is 7.24. The first-order chi connectivity index (χ1) is 9.16. The number of nitrogens with zero attached hydrogens (tertiary/aromatic N) is 1. The first-order valence-electron chi connectivity index (χ1n) is 6.52. The summed E-state index contributed by atoms with van der Waals surface area (Å²) in [6.45, 7) is 6.67. The van der Waals surface area contributed by atoms with E-state index in [0.717, 1.165) is 0 Å². The molecule has 0 aliphatic rings. The molecular weight excluding hydrogens is 265 g/mol. The van der Waals surface area contributed by atoms with Gasteiger partial charge in [-0.3, -0.25) is 9.55 Å². The minimum Gasteiger partial charge on any atom is -0.345 e. The van der Waals surface area contributed by atoms with Gasteiger partial charge in [-0.25, -0.2) is 0 Å². The second-order valence-electron chi connectivity index (χ2n) is 3.84. The van der Waals surface area contributed by atoms with Gasteiger partial charge in [-0.2, -0.15) is 0 Å². The van der Waals surface area contributed by atoms with E-state index < -0.39 is 13.4 Å². The molecule has 0 radical (unpaired) electrons. The molecular formula is C13H22NO4P. The van der Waals surface area contributed by atoms with Crippen LogP contribution >= 0.6 is 7.37 Å². The summed E-state index contributed by atoms with van der Waals surface area (Å²) in [5.41, 5.74) is 0.712. The normalized spacial score (nSPS) is 14.5. The molecule has 1 rings (SSSR count). The lowest BCUT2D eigenvalue weighted by atomic mass is 10.4. The Hall–Kier alpha value is -0.740. The summed E-state index contributed by atoms with van der Waals surface area (Å²) in [7, 11) is -3.09. The lowest BCUT2D eigenvalue weighted by Crippen LogP contribution is -2.20. The summed E-state index contributed by atoms with van der Waals surface area (Å²) in [5, 5.41) is 0. The number of pyridine rings is 1. The van der Waals surface area contributed by atoms with Crippen molar-refractivity contribution in [3.8, 4) is 0 Å². The van der Waals surface area contributed by atoms with Gasteiger partial charge in [-0.15, -0.1) is 0 Å². The molecule has 0 saturated carbocycles. The highest BCUT2D eigenvalue weighted by atomic mass is 31.2. The molecule has 1 atom stereocenters. The molecule has 1 heterocycles. The molecule has 0 fully saturated rings. The molecule has 1 unspecified atom stereocenters. The Morgan fingerprint density at radius 1 is 1.16 bits per heavy atom. The second-order valence-corrected chi connectivity index (χ2v) is 6.29. The van der Waals surface area contributed by atoms with Gasteiger partial charge in [0, 0.05) is 19.4 Å². The molecule has 5 nitrogen and oxygen atoms in total. The molecule has 0 aliphatic carbocycles. The Bertz CT molecular complexity index is 393. The van der Waals surface area contributed by atoms with Crippen LogP contribution in [0.15, 0.2) is 24.4 Å². The van der Waals surface area contributed by atoms with Crippen molar-refractivity contribution >= 4 is 7.37 Å². The molecule has 0 aliphatic heterocycles. The molecule has 0 amide bonds. The zero-order valence-corrected chi connectivity index (χ0v) is 12.6. The Balaban J connectivity index is 2.90. The maximum atomic E-state index is 13.0. The fraction of sp³-hybridized carbons (Fsp3) is 0.615. The molecule has 1 aromatic heterocycles. The molecule has 6 heteroatoms. The highest BCUT2D eigenvalue weighted by molar-refractivity contribution is 7.58. The van der Waals surface area contributed by atoms with Crippen LogP contribution in [0.3, 0.4) is 0 Å². The standard InChI is InChI=1S/C13H22NO4P/c1-4-16-13(17-5-2)19(15,18-6-3)11-12-9-7-8-10-14-12/h7-10,13H,4-6,11H2,1-3H3. The first kappa shape index (κ1) is 16.3. The maximum Gasteiger partial charge on any atom is 0.263 e. The zero-order valence-electron chi connectivity index (χ0n) is 11.7. The zero-order chi connectivity index (χ0) is 14.1. The van der Waals surface area contributed by atoms with Gasteiger partial charge < -0.3 is 14.0 Å². The molecule has 0 aromatic carbocycles. The van der Waals surface area contributed by atoms with Crippen molar-refractivity contribution < 1.29 is 18.6 Å². The van der Waals surface area contributed by atoms with E-state index in [0.29, 0.717) is 25.5 Å². The highest BCUT2D eigenvalue weighted by Gasteiger charge is 2.36. The number of hydrogen-bond acceptors (Lipinski definition) is 5. The van der Waals surface area contributed by atoms with Crippen molar-refractivity contribution in [2.75, 3.05) is 19.8 Å². The van der Waals surface area contributed by atoms with Gasteiger partial charge in [-0.1, -0.05) is 6.07 Å². The van der Waals surface area contributed by atoms with Crippen LogP contribution in [0.4, 0.5) is 0 Å². The molecule has 1 aromatic rings. The van der Waals surface area contributed by atoms with Crippen LogP contribution in [0, 0.1) is 0 Å². The summed E-state index contributed by atoms with van der Waals surface area (Å²) >= 11 is 0. The van der Waals surface area contributed by atoms with E-state index in [-0.39, 0.29) is 6.16 Å². The van der Waals surface area contributed by atoms with Gasteiger partial charge in [0.25, 0.3) is 7.37 Å². The van der Waals surface area contributed by atoms with Crippen molar-refractivity contribution in [3.63, 3.8) is 0 Å². The predicted molar refractivity (Wildman–Crippen MR) is 74.2 cm³/mol. The van der Waals surface area contributed by atoms with Gasteiger partial charge in [-0.05, 0) is 32.9 Å². The Labute approximate surface area is 114 Å². The van der Waals surface area contributed by atoms with Gasteiger partial charge in [0.2, 0.25) is 6.03 Å². The quantitative estimate of drug-likeness (QED) is 0.515.